The molecule has 12 heteroatoms. The third kappa shape index (κ3) is 6.30. The Morgan fingerprint density at radius 3 is 2.48 bits per heavy atom. The highest BCUT2D eigenvalue weighted by Gasteiger charge is 2.19. The average molecular weight is 544 g/mol. The lowest BCUT2D eigenvalue weighted by molar-refractivity contribution is 0.0337. The molecule has 0 unspecified atom stereocenters. The highest BCUT2D eigenvalue weighted by atomic mass is 16.5. The van der Waals surface area contributed by atoms with Gasteiger partial charge in [-0.25, -0.2) is 4.98 Å². The van der Waals surface area contributed by atoms with E-state index < -0.39 is 0 Å². The van der Waals surface area contributed by atoms with Crippen molar-refractivity contribution in [3.8, 4) is 17.2 Å². The topological polar surface area (TPSA) is 134 Å². The number of ether oxygens (including phenoxy) is 2. The minimum absolute atomic E-state index is 0.0665. The SMILES string of the molecule is CN(CCN1CCOCC1)C(=O)c1cc(Oc2ccc3nnc(N(C)C(=O)c4ccc(O)cc4)nc3c2)ccn1. The molecule has 5 rings (SSSR count). The number of morpholine rings is 1. The van der Waals surface area contributed by atoms with Gasteiger partial charge in [-0.05, 0) is 42.5 Å². The number of benzene rings is 2. The van der Waals surface area contributed by atoms with Gasteiger partial charge < -0.3 is 19.5 Å². The Kier molecular flexibility index (Phi) is 8.08. The van der Waals surface area contributed by atoms with Crippen LogP contribution in [0.1, 0.15) is 20.8 Å². The van der Waals surface area contributed by atoms with E-state index in [0.717, 1.165) is 19.6 Å². The van der Waals surface area contributed by atoms with Crippen molar-refractivity contribution >= 4 is 28.8 Å². The van der Waals surface area contributed by atoms with Gasteiger partial charge in [-0.2, -0.15) is 0 Å². The number of nitrogens with zero attached hydrogens (tertiary/aromatic N) is 7. The molecule has 1 aliphatic rings. The van der Waals surface area contributed by atoms with Crippen molar-refractivity contribution in [3.63, 3.8) is 0 Å². The summed E-state index contributed by atoms with van der Waals surface area (Å²) in [6.07, 6.45) is 1.53. The zero-order valence-electron chi connectivity index (χ0n) is 22.2. The predicted octanol–water partition coefficient (Wildman–Crippen LogP) is 2.60. The summed E-state index contributed by atoms with van der Waals surface area (Å²) in [5, 5.41) is 17.7. The number of aromatic hydroxyl groups is 1. The lowest BCUT2D eigenvalue weighted by Crippen LogP contribution is -2.42. The van der Waals surface area contributed by atoms with Gasteiger partial charge >= 0.3 is 0 Å². The number of hydrogen-bond donors (Lipinski definition) is 1. The van der Waals surface area contributed by atoms with Gasteiger partial charge in [0.2, 0.25) is 0 Å². The minimum Gasteiger partial charge on any atom is -0.508 e. The van der Waals surface area contributed by atoms with Crippen LogP contribution in [0.5, 0.6) is 17.2 Å². The second-order valence-corrected chi connectivity index (χ2v) is 9.33. The molecule has 0 saturated carbocycles. The monoisotopic (exact) mass is 543 g/mol. The second-order valence-electron chi connectivity index (χ2n) is 9.33. The summed E-state index contributed by atoms with van der Waals surface area (Å²) < 4.78 is 11.4. The van der Waals surface area contributed by atoms with Crippen LogP contribution in [-0.4, -0.2) is 100 Å². The highest BCUT2D eigenvalue weighted by Crippen LogP contribution is 2.25. The van der Waals surface area contributed by atoms with Gasteiger partial charge in [-0.1, -0.05) is 0 Å². The molecule has 4 aromatic rings. The van der Waals surface area contributed by atoms with E-state index in [0.29, 0.717) is 47.9 Å². The molecular weight excluding hydrogens is 514 g/mol. The Hall–Kier alpha value is -4.68. The lowest BCUT2D eigenvalue weighted by Gasteiger charge is -2.28. The number of carbonyl (C=O) groups excluding carboxylic acids is 2. The summed E-state index contributed by atoms with van der Waals surface area (Å²) in [6, 6.07) is 14.3. The zero-order chi connectivity index (χ0) is 28.1. The van der Waals surface area contributed by atoms with Crippen LogP contribution in [0.4, 0.5) is 5.95 Å². The summed E-state index contributed by atoms with van der Waals surface area (Å²) in [4.78, 5) is 39.7. The third-order valence-corrected chi connectivity index (χ3v) is 6.52. The van der Waals surface area contributed by atoms with Gasteiger partial charge in [0, 0.05) is 64.2 Å². The molecule has 0 radical (unpaired) electrons. The molecule has 2 aromatic carbocycles. The van der Waals surface area contributed by atoms with Crippen LogP contribution in [0.2, 0.25) is 0 Å². The lowest BCUT2D eigenvalue weighted by atomic mass is 10.2. The number of carbonyl (C=O) groups is 2. The first-order valence-corrected chi connectivity index (χ1v) is 12.8. The van der Waals surface area contributed by atoms with E-state index in [1.807, 2.05) is 0 Å². The maximum absolute atomic E-state index is 13.0. The molecule has 12 nitrogen and oxygen atoms in total. The van der Waals surface area contributed by atoms with Crippen molar-refractivity contribution in [1.29, 1.82) is 0 Å². The molecule has 1 N–H and O–H groups in total. The Morgan fingerprint density at radius 1 is 0.950 bits per heavy atom. The van der Waals surface area contributed by atoms with Gasteiger partial charge in [0.1, 0.15) is 28.5 Å². The number of phenols is 1. The first kappa shape index (κ1) is 26.9. The van der Waals surface area contributed by atoms with Crippen molar-refractivity contribution in [3.05, 3.63) is 72.1 Å². The number of rotatable bonds is 8. The molecule has 40 heavy (non-hydrogen) atoms. The van der Waals surface area contributed by atoms with Crippen molar-refractivity contribution in [2.24, 2.45) is 0 Å². The molecule has 1 fully saturated rings. The number of likely N-dealkylation sites (N-methyl/N-ethyl adjacent to an activating group) is 1. The first-order chi connectivity index (χ1) is 19.4. The highest BCUT2D eigenvalue weighted by molar-refractivity contribution is 6.05. The van der Waals surface area contributed by atoms with E-state index >= 15 is 0 Å². The van der Waals surface area contributed by atoms with E-state index in [9.17, 15) is 14.7 Å². The zero-order valence-corrected chi connectivity index (χ0v) is 22.2. The van der Waals surface area contributed by atoms with Crippen LogP contribution in [0, 0.1) is 0 Å². The Balaban J connectivity index is 1.27. The van der Waals surface area contributed by atoms with Crippen molar-refractivity contribution in [2.45, 2.75) is 0 Å². The third-order valence-electron chi connectivity index (χ3n) is 6.52. The van der Waals surface area contributed by atoms with Gasteiger partial charge in [-0.3, -0.25) is 24.4 Å². The second kappa shape index (κ2) is 12.0. The number of aromatic nitrogens is 4. The largest absolute Gasteiger partial charge is 0.508 e. The molecule has 1 saturated heterocycles. The van der Waals surface area contributed by atoms with E-state index in [1.165, 1.54) is 35.4 Å². The van der Waals surface area contributed by atoms with E-state index in [4.69, 9.17) is 9.47 Å². The molecule has 2 aromatic heterocycles. The summed E-state index contributed by atoms with van der Waals surface area (Å²) in [5.74, 6) is 0.548. The fourth-order valence-corrected chi connectivity index (χ4v) is 4.14. The number of amides is 2. The number of phenolic OH excluding ortho intramolecular Hbond substituents is 1. The van der Waals surface area contributed by atoms with Gasteiger partial charge in [0.05, 0.1) is 18.7 Å². The fraction of sp³-hybridized carbons (Fsp3) is 0.286. The molecule has 3 heterocycles. The van der Waals surface area contributed by atoms with Crippen molar-refractivity contribution in [2.75, 3.05) is 58.4 Å². The number of fused-ring (bicyclic) bond motifs is 1. The van der Waals surface area contributed by atoms with Crippen LogP contribution in [0.15, 0.2) is 60.8 Å². The van der Waals surface area contributed by atoms with Crippen LogP contribution >= 0.6 is 0 Å². The van der Waals surface area contributed by atoms with Gasteiger partial charge in [0.25, 0.3) is 17.8 Å². The predicted molar refractivity (Wildman–Crippen MR) is 147 cm³/mol. The molecule has 0 spiro atoms. The van der Waals surface area contributed by atoms with Crippen LogP contribution in [-0.2, 0) is 4.74 Å². The van der Waals surface area contributed by atoms with Crippen LogP contribution in [0.3, 0.4) is 0 Å². The fourth-order valence-electron chi connectivity index (χ4n) is 4.14. The van der Waals surface area contributed by atoms with Crippen LogP contribution in [0.25, 0.3) is 11.0 Å². The number of hydrogen-bond acceptors (Lipinski definition) is 10. The smallest absolute Gasteiger partial charge is 0.272 e. The first-order valence-electron chi connectivity index (χ1n) is 12.8. The number of anilines is 1. The van der Waals surface area contributed by atoms with Crippen molar-refractivity contribution < 1.29 is 24.2 Å². The summed E-state index contributed by atoms with van der Waals surface area (Å²) in [5.41, 5.74) is 1.65. The maximum atomic E-state index is 13.0. The minimum atomic E-state index is -0.350. The van der Waals surface area contributed by atoms with E-state index in [1.54, 1.807) is 49.3 Å². The normalized spacial score (nSPS) is 13.7. The Labute approximate surface area is 230 Å². The molecule has 0 aliphatic carbocycles. The van der Waals surface area contributed by atoms with Gasteiger partial charge in [0.15, 0.2) is 0 Å². The molecule has 1 aliphatic heterocycles. The molecule has 206 valence electrons. The summed E-state index contributed by atoms with van der Waals surface area (Å²) in [7, 11) is 3.31. The number of pyridine rings is 1. The quantitative estimate of drug-likeness (QED) is 0.353. The maximum Gasteiger partial charge on any atom is 0.272 e. The van der Waals surface area contributed by atoms with Crippen LogP contribution < -0.4 is 9.64 Å². The molecule has 2 amide bonds. The van der Waals surface area contributed by atoms with E-state index in [-0.39, 0.29) is 29.2 Å². The summed E-state index contributed by atoms with van der Waals surface area (Å²) in [6.45, 7) is 4.50. The molecule has 0 atom stereocenters. The van der Waals surface area contributed by atoms with E-state index in [2.05, 4.69) is 25.1 Å². The van der Waals surface area contributed by atoms with Gasteiger partial charge in [-0.15, -0.1) is 10.2 Å². The molecular formula is C28H29N7O5. The van der Waals surface area contributed by atoms with Crippen molar-refractivity contribution in [1.82, 2.24) is 30.0 Å². The standard InChI is InChI=1S/C28H29N7O5/c1-33(11-12-35-13-15-39-16-14-35)27(38)25-18-22(9-10-29-25)40-21-7-8-23-24(17-21)30-28(32-31-23)34(2)26(37)19-3-5-20(36)6-4-19/h3-10,17-18,36H,11-16H2,1-2H3. The average Bonchev–Trinajstić information content (AvgIpc) is 2.99. The molecule has 0 bridgehead atoms. The summed E-state index contributed by atoms with van der Waals surface area (Å²) >= 11 is 0. The Morgan fingerprint density at radius 2 is 1.70 bits per heavy atom. The Bertz CT molecular complexity index is 1510.